The zero-order chi connectivity index (χ0) is 25.6. The van der Waals surface area contributed by atoms with Gasteiger partial charge in [-0.25, -0.2) is 14.4 Å². The fourth-order valence-electron chi connectivity index (χ4n) is 4.87. The predicted octanol–water partition coefficient (Wildman–Crippen LogP) is 2.11. The van der Waals surface area contributed by atoms with Crippen molar-refractivity contribution in [3.05, 3.63) is 35.5 Å². The quantitative estimate of drug-likeness (QED) is 0.355. The monoisotopic (exact) mass is 478 g/mol. The molecular formula is C25H34O9. The third-order valence-corrected chi connectivity index (χ3v) is 7.20. The van der Waals surface area contributed by atoms with Crippen LogP contribution in [-0.2, 0) is 33.3 Å². The fourth-order valence-corrected chi connectivity index (χ4v) is 4.87. The standard InChI is InChI=1S/C25H34O9/c1-8-12(3)21(26)32-19-17-15(6)23(28)31-18(17)20(33-22(27)13(4)9-2)24(7,29)11-16-10-14(5)25(19,30)34-16/h8-9,14,16-20,29-30H,6,10-11H2,1-5,7H3. The van der Waals surface area contributed by atoms with Gasteiger partial charge in [0.1, 0.15) is 5.60 Å². The van der Waals surface area contributed by atoms with Crippen LogP contribution in [0, 0.1) is 11.8 Å². The molecule has 3 saturated heterocycles. The molecule has 3 rings (SSSR count). The van der Waals surface area contributed by atoms with E-state index in [1.165, 1.54) is 6.92 Å². The number of fused-ring (bicyclic) bond motifs is 3. The molecule has 3 heterocycles. The molecule has 0 aromatic rings. The van der Waals surface area contributed by atoms with E-state index >= 15 is 0 Å². The summed E-state index contributed by atoms with van der Waals surface area (Å²) in [6, 6.07) is 0. The van der Waals surface area contributed by atoms with Crippen LogP contribution >= 0.6 is 0 Å². The van der Waals surface area contributed by atoms with Gasteiger partial charge >= 0.3 is 17.9 Å². The molecule has 34 heavy (non-hydrogen) atoms. The molecular weight excluding hydrogens is 444 g/mol. The highest BCUT2D eigenvalue weighted by Gasteiger charge is 2.65. The number of hydrogen-bond donors (Lipinski definition) is 2. The number of allylic oxidation sites excluding steroid dienone is 2. The van der Waals surface area contributed by atoms with E-state index in [1.807, 2.05) is 0 Å². The van der Waals surface area contributed by atoms with Crippen LogP contribution < -0.4 is 0 Å². The van der Waals surface area contributed by atoms with Crippen LogP contribution in [0.15, 0.2) is 35.5 Å². The van der Waals surface area contributed by atoms with E-state index in [9.17, 15) is 24.6 Å². The van der Waals surface area contributed by atoms with Crippen molar-refractivity contribution in [2.24, 2.45) is 11.8 Å². The molecule has 0 aliphatic carbocycles. The third kappa shape index (κ3) is 4.44. The molecule has 3 aliphatic rings. The predicted molar refractivity (Wildman–Crippen MR) is 120 cm³/mol. The van der Waals surface area contributed by atoms with Crippen molar-refractivity contribution in [1.29, 1.82) is 0 Å². The van der Waals surface area contributed by atoms with E-state index in [2.05, 4.69) is 6.58 Å². The lowest BCUT2D eigenvalue weighted by atomic mass is 9.75. The Balaban J connectivity index is 2.17. The number of ether oxygens (including phenoxy) is 4. The SMILES string of the molecule is C=C1C(=O)OC2C1C(OC(=O)C(C)=CC)C1(O)OC(CC1C)CC(C)(O)C2OC(=O)C(C)=CC. The van der Waals surface area contributed by atoms with E-state index < -0.39 is 65.5 Å². The van der Waals surface area contributed by atoms with E-state index in [1.54, 1.807) is 46.8 Å². The molecule has 0 aromatic heterocycles. The Morgan fingerprint density at radius 2 is 1.62 bits per heavy atom. The van der Waals surface area contributed by atoms with Crippen molar-refractivity contribution in [1.82, 2.24) is 0 Å². The summed E-state index contributed by atoms with van der Waals surface area (Å²) >= 11 is 0. The van der Waals surface area contributed by atoms with Crippen molar-refractivity contribution < 1.29 is 43.5 Å². The third-order valence-electron chi connectivity index (χ3n) is 7.20. The molecule has 9 nitrogen and oxygen atoms in total. The highest BCUT2D eigenvalue weighted by atomic mass is 16.7. The fraction of sp³-hybridized carbons (Fsp3) is 0.640. The van der Waals surface area contributed by atoms with Crippen molar-refractivity contribution in [2.75, 3.05) is 0 Å². The Labute approximate surface area is 199 Å². The van der Waals surface area contributed by atoms with Crippen LogP contribution in [0.3, 0.4) is 0 Å². The van der Waals surface area contributed by atoms with Crippen LogP contribution in [0.4, 0.5) is 0 Å². The van der Waals surface area contributed by atoms with Crippen LogP contribution in [-0.4, -0.2) is 63.9 Å². The summed E-state index contributed by atoms with van der Waals surface area (Å²) in [5, 5.41) is 23.1. The Hall–Kier alpha value is -2.49. The summed E-state index contributed by atoms with van der Waals surface area (Å²) in [6.45, 7) is 13.5. The average molecular weight is 479 g/mol. The second kappa shape index (κ2) is 9.28. The summed E-state index contributed by atoms with van der Waals surface area (Å²) in [4.78, 5) is 38.1. The molecule has 0 spiro atoms. The van der Waals surface area contributed by atoms with Gasteiger partial charge in [0.2, 0.25) is 5.79 Å². The molecule has 9 heteroatoms. The van der Waals surface area contributed by atoms with Gasteiger partial charge in [0.15, 0.2) is 18.3 Å². The number of aliphatic hydroxyl groups is 2. The molecule has 0 amide bonds. The molecule has 0 radical (unpaired) electrons. The van der Waals surface area contributed by atoms with Gasteiger partial charge in [-0.1, -0.05) is 25.7 Å². The minimum Gasteiger partial charge on any atom is -0.454 e. The smallest absolute Gasteiger partial charge is 0.334 e. The van der Waals surface area contributed by atoms with Crippen LogP contribution in [0.25, 0.3) is 0 Å². The Morgan fingerprint density at radius 1 is 1.09 bits per heavy atom. The lowest BCUT2D eigenvalue weighted by Crippen LogP contribution is -2.58. The van der Waals surface area contributed by atoms with E-state index in [0.29, 0.717) is 12.0 Å². The van der Waals surface area contributed by atoms with Gasteiger partial charge < -0.3 is 29.2 Å². The van der Waals surface area contributed by atoms with Crippen LogP contribution in [0.2, 0.25) is 0 Å². The topological polar surface area (TPSA) is 129 Å². The zero-order valence-electron chi connectivity index (χ0n) is 20.5. The van der Waals surface area contributed by atoms with Crippen molar-refractivity contribution in [2.45, 2.75) is 90.2 Å². The normalized spacial score (nSPS) is 40.6. The van der Waals surface area contributed by atoms with Gasteiger partial charge in [-0.15, -0.1) is 0 Å². The first kappa shape index (κ1) is 26.1. The average Bonchev–Trinajstić information content (AvgIpc) is 3.22. The highest BCUT2D eigenvalue weighted by molar-refractivity contribution is 5.92. The number of hydrogen-bond acceptors (Lipinski definition) is 9. The van der Waals surface area contributed by atoms with Crippen LogP contribution in [0.1, 0.15) is 54.4 Å². The van der Waals surface area contributed by atoms with E-state index in [4.69, 9.17) is 18.9 Å². The van der Waals surface area contributed by atoms with Gasteiger partial charge in [0.05, 0.1) is 12.0 Å². The largest absolute Gasteiger partial charge is 0.454 e. The first-order chi connectivity index (χ1) is 15.8. The van der Waals surface area contributed by atoms with E-state index in [0.717, 1.165) is 0 Å². The molecule has 0 saturated carbocycles. The number of rotatable bonds is 4. The molecule has 0 aromatic carbocycles. The second-order valence-electron chi connectivity index (χ2n) is 9.71. The Kier molecular flexibility index (Phi) is 7.13. The molecule has 3 aliphatic heterocycles. The van der Waals surface area contributed by atoms with Crippen LogP contribution in [0.5, 0.6) is 0 Å². The summed E-state index contributed by atoms with van der Waals surface area (Å²) in [5.41, 5.74) is -1.19. The maximum absolute atomic E-state index is 12.8. The molecule has 3 fully saturated rings. The maximum Gasteiger partial charge on any atom is 0.334 e. The first-order valence-electron chi connectivity index (χ1n) is 11.5. The van der Waals surface area contributed by atoms with Gasteiger partial charge in [0, 0.05) is 29.1 Å². The van der Waals surface area contributed by atoms with Gasteiger partial charge in [-0.05, 0) is 41.0 Å². The molecule has 188 valence electrons. The molecule has 8 atom stereocenters. The molecule has 2 N–H and O–H groups in total. The van der Waals surface area contributed by atoms with Gasteiger partial charge in [-0.2, -0.15) is 0 Å². The summed E-state index contributed by atoms with van der Waals surface area (Å²) in [7, 11) is 0. The number of carbonyl (C=O) groups excluding carboxylic acids is 3. The van der Waals surface area contributed by atoms with Crippen molar-refractivity contribution in [3.8, 4) is 0 Å². The number of carbonyl (C=O) groups is 3. The van der Waals surface area contributed by atoms with Crippen molar-refractivity contribution >= 4 is 17.9 Å². The minimum absolute atomic E-state index is 0.0196. The lowest BCUT2D eigenvalue weighted by Gasteiger charge is -2.41. The molecule has 8 unspecified atom stereocenters. The van der Waals surface area contributed by atoms with Crippen molar-refractivity contribution in [3.63, 3.8) is 0 Å². The highest BCUT2D eigenvalue weighted by Crippen LogP contribution is 2.50. The molecule has 2 bridgehead atoms. The second-order valence-corrected chi connectivity index (χ2v) is 9.71. The minimum atomic E-state index is -1.98. The summed E-state index contributed by atoms with van der Waals surface area (Å²) in [5.74, 6) is -5.84. The Bertz CT molecular complexity index is 946. The van der Waals surface area contributed by atoms with Gasteiger partial charge in [0.25, 0.3) is 0 Å². The zero-order valence-corrected chi connectivity index (χ0v) is 20.5. The summed E-state index contributed by atoms with van der Waals surface area (Å²) in [6.07, 6.45) is -1.21. The van der Waals surface area contributed by atoms with E-state index in [-0.39, 0.29) is 17.6 Å². The summed E-state index contributed by atoms with van der Waals surface area (Å²) < 4.78 is 23.0. The first-order valence-corrected chi connectivity index (χ1v) is 11.5. The lowest BCUT2D eigenvalue weighted by molar-refractivity contribution is -0.277. The number of esters is 3. The van der Waals surface area contributed by atoms with Gasteiger partial charge in [-0.3, -0.25) is 0 Å². The Morgan fingerprint density at radius 3 is 2.15 bits per heavy atom. The maximum atomic E-state index is 12.8.